The van der Waals surface area contributed by atoms with Crippen LogP contribution in [0, 0.1) is 0 Å². The molecule has 5 rings (SSSR count). The molecule has 9 atom stereocenters. The standard InChI is InChI=1S/C26H28O13/c1-9-19(31)22(34)23(35)26(37-9)39-25-20(32)14(30)8-36-24(25)18-13(29)7-16-17(21(18)33)12(28)6-15(38-16)10-2-4-11(27)5-3-10/h2-7,9,14,19-20,22-27,29-35H,8H2,1H3/t9-,14+,19-,20-,22+,23+,24-,25+,26-/m0/s1. The van der Waals surface area contributed by atoms with Gasteiger partial charge in [0.25, 0.3) is 0 Å². The van der Waals surface area contributed by atoms with Crippen molar-refractivity contribution in [1.82, 2.24) is 0 Å². The van der Waals surface area contributed by atoms with Crippen LogP contribution in [-0.4, -0.2) is 96.5 Å². The average Bonchev–Trinajstić information content (AvgIpc) is 2.89. The van der Waals surface area contributed by atoms with Crippen molar-refractivity contribution in [3.05, 3.63) is 52.2 Å². The van der Waals surface area contributed by atoms with Crippen LogP contribution in [0.2, 0.25) is 0 Å². The predicted octanol–water partition coefficient (Wildman–Crippen LogP) is -0.417. The molecule has 3 heterocycles. The van der Waals surface area contributed by atoms with E-state index in [0.717, 1.165) is 12.1 Å². The van der Waals surface area contributed by atoms with Crippen LogP contribution in [0.4, 0.5) is 0 Å². The van der Waals surface area contributed by atoms with E-state index in [1.54, 1.807) is 0 Å². The van der Waals surface area contributed by atoms with E-state index in [9.17, 15) is 45.6 Å². The highest BCUT2D eigenvalue weighted by Gasteiger charge is 2.49. The highest BCUT2D eigenvalue weighted by molar-refractivity contribution is 5.88. The summed E-state index contributed by atoms with van der Waals surface area (Å²) in [7, 11) is 0. The van der Waals surface area contributed by atoms with E-state index < -0.39 is 78.7 Å². The van der Waals surface area contributed by atoms with Gasteiger partial charge in [0, 0.05) is 17.7 Å². The van der Waals surface area contributed by atoms with E-state index in [4.69, 9.17) is 18.6 Å². The number of phenols is 3. The third kappa shape index (κ3) is 4.83. The molecule has 2 aliphatic heterocycles. The van der Waals surface area contributed by atoms with E-state index in [0.29, 0.717) is 5.56 Å². The van der Waals surface area contributed by atoms with E-state index in [1.807, 2.05) is 0 Å². The molecule has 0 saturated carbocycles. The number of rotatable bonds is 4. The van der Waals surface area contributed by atoms with Crippen molar-refractivity contribution in [3.8, 4) is 28.6 Å². The van der Waals surface area contributed by atoms with Gasteiger partial charge in [-0.25, -0.2) is 0 Å². The Labute approximate surface area is 220 Å². The SMILES string of the molecule is C[C@@H]1O[C@@H](O[C@@H]2[C@@H](O)[C@H](O)CO[C@H]2c2c(O)cc3oc(-c4ccc(O)cc4)cc(=O)c3c2O)[C@H](O)[C@H](O)[C@H]1O. The zero-order chi connectivity index (χ0) is 28.2. The second kappa shape index (κ2) is 10.4. The molecule has 0 aliphatic carbocycles. The van der Waals surface area contributed by atoms with E-state index in [-0.39, 0.29) is 28.0 Å². The van der Waals surface area contributed by atoms with Gasteiger partial charge in [0.15, 0.2) is 11.7 Å². The highest BCUT2D eigenvalue weighted by Crippen LogP contribution is 2.45. The van der Waals surface area contributed by atoms with Gasteiger partial charge in [0.2, 0.25) is 0 Å². The first-order valence-corrected chi connectivity index (χ1v) is 12.1. The van der Waals surface area contributed by atoms with Crippen molar-refractivity contribution in [2.24, 2.45) is 0 Å². The molecule has 1 aromatic heterocycles. The van der Waals surface area contributed by atoms with Gasteiger partial charge in [-0.3, -0.25) is 4.79 Å². The molecule has 2 saturated heterocycles. The molecule has 2 aromatic carbocycles. The molecule has 13 heteroatoms. The molecule has 3 aromatic rings. The van der Waals surface area contributed by atoms with Crippen LogP contribution in [0.25, 0.3) is 22.3 Å². The summed E-state index contributed by atoms with van der Waals surface area (Å²) in [6.45, 7) is 0.978. The zero-order valence-electron chi connectivity index (χ0n) is 20.5. The Bertz CT molecular complexity index is 1400. The van der Waals surface area contributed by atoms with Gasteiger partial charge in [-0.05, 0) is 31.2 Å². The molecule has 13 nitrogen and oxygen atoms in total. The first-order chi connectivity index (χ1) is 18.5. The topological polar surface area (TPSA) is 220 Å². The summed E-state index contributed by atoms with van der Waals surface area (Å²) < 4.78 is 22.5. The molecular formula is C26H28O13. The lowest BCUT2D eigenvalue weighted by atomic mass is 9.91. The van der Waals surface area contributed by atoms with E-state index in [2.05, 4.69) is 0 Å². The maximum atomic E-state index is 13.1. The summed E-state index contributed by atoms with van der Waals surface area (Å²) in [5.74, 6) is -1.22. The molecule has 0 radical (unpaired) electrons. The fraction of sp³-hybridized carbons (Fsp3) is 0.423. The van der Waals surface area contributed by atoms with Crippen LogP contribution >= 0.6 is 0 Å². The third-order valence-electron chi connectivity index (χ3n) is 7.02. The van der Waals surface area contributed by atoms with Gasteiger partial charge in [-0.2, -0.15) is 0 Å². The molecule has 210 valence electrons. The lowest BCUT2D eigenvalue weighted by Gasteiger charge is -2.44. The monoisotopic (exact) mass is 548 g/mol. The minimum absolute atomic E-state index is 0.00432. The summed E-state index contributed by atoms with van der Waals surface area (Å²) in [6, 6.07) is 8.00. The normalized spacial score (nSPS) is 33.3. The molecule has 0 spiro atoms. The molecule has 0 unspecified atom stereocenters. The smallest absolute Gasteiger partial charge is 0.197 e. The van der Waals surface area contributed by atoms with Crippen molar-refractivity contribution in [2.75, 3.05) is 6.61 Å². The van der Waals surface area contributed by atoms with Crippen LogP contribution in [0.1, 0.15) is 18.6 Å². The number of phenolic OH excluding ortho intramolecular Hbond substituents is 3. The summed E-state index contributed by atoms with van der Waals surface area (Å²) in [4.78, 5) is 13.1. The molecule has 2 aliphatic rings. The van der Waals surface area contributed by atoms with E-state index in [1.165, 1.54) is 31.2 Å². The average molecular weight is 548 g/mol. The number of aromatic hydroxyl groups is 3. The third-order valence-corrected chi connectivity index (χ3v) is 7.02. The number of aliphatic hydroxyl groups is 5. The summed E-state index contributed by atoms with van der Waals surface area (Å²) in [5.41, 5.74) is -0.759. The second-order valence-electron chi connectivity index (χ2n) is 9.65. The first-order valence-electron chi connectivity index (χ1n) is 12.1. The van der Waals surface area contributed by atoms with Crippen molar-refractivity contribution in [1.29, 1.82) is 0 Å². The van der Waals surface area contributed by atoms with Gasteiger partial charge < -0.3 is 59.5 Å². The molecular weight excluding hydrogens is 520 g/mol. The summed E-state index contributed by atoms with van der Waals surface area (Å²) in [5, 5.41) is 82.6. The molecule has 0 amide bonds. The maximum absolute atomic E-state index is 13.1. The van der Waals surface area contributed by atoms with Crippen molar-refractivity contribution in [2.45, 2.75) is 62.0 Å². The van der Waals surface area contributed by atoms with Crippen molar-refractivity contribution in [3.63, 3.8) is 0 Å². The van der Waals surface area contributed by atoms with Gasteiger partial charge in [0.1, 0.15) is 76.7 Å². The van der Waals surface area contributed by atoms with Crippen LogP contribution in [0.5, 0.6) is 17.2 Å². The Morgan fingerprint density at radius 1 is 0.897 bits per heavy atom. The lowest BCUT2D eigenvalue weighted by Crippen LogP contribution is -2.60. The van der Waals surface area contributed by atoms with Crippen LogP contribution in [0.15, 0.2) is 45.6 Å². The number of fused-ring (bicyclic) bond motifs is 1. The van der Waals surface area contributed by atoms with Gasteiger partial charge in [0.05, 0.1) is 18.3 Å². The molecule has 2 fully saturated rings. The van der Waals surface area contributed by atoms with E-state index >= 15 is 0 Å². The molecule has 39 heavy (non-hydrogen) atoms. The Morgan fingerprint density at radius 3 is 2.28 bits per heavy atom. The second-order valence-corrected chi connectivity index (χ2v) is 9.65. The number of hydrogen-bond acceptors (Lipinski definition) is 13. The Hall–Kier alpha value is -3.27. The largest absolute Gasteiger partial charge is 0.508 e. The maximum Gasteiger partial charge on any atom is 0.197 e. The van der Waals surface area contributed by atoms with Crippen molar-refractivity contribution >= 4 is 11.0 Å². The Kier molecular flexibility index (Phi) is 7.26. The van der Waals surface area contributed by atoms with Gasteiger partial charge in [-0.15, -0.1) is 0 Å². The zero-order valence-corrected chi connectivity index (χ0v) is 20.5. The predicted molar refractivity (Wildman–Crippen MR) is 131 cm³/mol. The number of benzene rings is 2. The van der Waals surface area contributed by atoms with Crippen LogP contribution in [-0.2, 0) is 14.2 Å². The number of ether oxygens (including phenoxy) is 3. The fourth-order valence-electron chi connectivity index (χ4n) is 4.83. The van der Waals surface area contributed by atoms with Gasteiger partial charge >= 0.3 is 0 Å². The minimum atomic E-state index is -1.76. The minimum Gasteiger partial charge on any atom is -0.508 e. The Balaban J connectivity index is 1.55. The highest BCUT2D eigenvalue weighted by atomic mass is 16.7. The van der Waals surface area contributed by atoms with Crippen LogP contribution < -0.4 is 5.43 Å². The fourth-order valence-corrected chi connectivity index (χ4v) is 4.83. The number of hydrogen-bond donors (Lipinski definition) is 8. The lowest BCUT2D eigenvalue weighted by molar-refractivity contribution is -0.331. The quantitative estimate of drug-likeness (QED) is 0.208. The molecule has 8 N–H and O–H groups in total. The molecule has 0 bridgehead atoms. The first kappa shape index (κ1) is 27.3. The van der Waals surface area contributed by atoms with Crippen molar-refractivity contribution < 1.29 is 59.5 Å². The van der Waals surface area contributed by atoms with Crippen LogP contribution in [0.3, 0.4) is 0 Å². The Morgan fingerprint density at radius 2 is 1.59 bits per heavy atom. The summed E-state index contributed by atoms with van der Waals surface area (Å²) >= 11 is 0. The van der Waals surface area contributed by atoms with Gasteiger partial charge in [-0.1, -0.05) is 0 Å². The number of aliphatic hydroxyl groups excluding tert-OH is 5. The summed E-state index contributed by atoms with van der Waals surface area (Å²) in [6.07, 6.45) is -13.6.